The van der Waals surface area contributed by atoms with E-state index in [1.807, 2.05) is 0 Å². The van der Waals surface area contributed by atoms with Crippen molar-refractivity contribution in [3.63, 3.8) is 0 Å². The van der Waals surface area contributed by atoms with Crippen LogP contribution in [0.4, 0.5) is 11.4 Å². The van der Waals surface area contributed by atoms with Crippen LogP contribution in [0.2, 0.25) is 0 Å². The van der Waals surface area contributed by atoms with Gasteiger partial charge in [0.1, 0.15) is 6.61 Å². The first-order chi connectivity index (χ1) is 15.2. The lowest BCUT2D eigenvalue weighted by molar-refractivity contribution is -0.119. The molecule has 0 spiro atoms. The molecule has 1 saturated heterocycles. The van der Waals surface area contributed by atoms with Crippen molar-refractivity contribution in [3.8, 4) is 0 Å². The lowest BCUT2D eigenvalue weighted by Gasteiger charge is -2.36. The van der Waals surface area contributed by atoms with E-state index >= 15 is 0 Å². The molecule has 31 heavy (non-hydrogen) atoms. The van der Waals surface area contributed by atoms with Gasteiger partial charge in [0.25, 0.3) is 0 Å². The number of hydrogen-bond donors (Lipinski definition) is 1. The minimum Gasteiger partial charge on any atom is -0.375 e. The molecule has 1 aliphatic rings. The van der Waals surface area contributed by atoms with E-state index in [4.69, 9.17) is 4.74 Å². The molecule has 3 rings (SSSR count). The van der Waals surface area contributed by atoms with E-state index in [9.17, 15) is 9.59 Å². The number of nitrogens with zero attached hydrogens (tertiary/aromatic N) is 2. The lowest BCUT2D eigenvalue weighted by atomic mass is 10.0. The van der Waals surface area contributed by atoms with E-state index in [1.54, 1.807) is 24.3 Å². The summed E-state index contributed by atoms with van der Waals surface area (Å²) in [5, 5.41) is 2.74. The van der Waals surface area contributed by atoms with E-state index in [2.05, 4.69) is 45.4 Å². The third-order valence-electron chi connectivity index (χ3n) is 5.62. The van der Waals surface area contributed by atoms with Crippen LogP contribution in [0.15, 0.2) is 54.6 Å². The number of para-hydroxylation sites is 1. The molecule has 2 aromatic carbocycles. The topological polar surface area (TPSA) is 61.9 Å². The van der Waals surface area contributed by atoms with Crippen LogP contribution in [-0.2, 0) is 9.53 Å². The number of ketones is 1. The highest BCUT2D eigenvalue weighted by atomic mass is 16.5. The van der Waals surface area contributed by atoms with Crippen molar-refractivity contribution in [2.24, 2.45) is 0 Å². The highest BCUT2D eigenvalue weighted by Gasteiger charge is 2.16. The Bertz CT molecular complexity index is 833. The van der Waals surface area contributed by atoms with Crippen molar-refractivity contribution in [2.45, 2.75) is 25.7 Å². The number of hydrogen-bond acceptors (Lipinski definition) is 5. The quantitative estimate of drug-likeness (QED) is 0.440. The molecular weight excluding hydrogens is 390 g/mol. The Hall–Kier alpha value is -2.70. The Morgan fingerprint density at radius 1 is 0.935 bits per heavy atom. The summed E-state index contributed by atoms with van der Waals surface area (Å²) in [5.74, 6) is -0.101. The summed E-state index contributed by atoms with van der Waals surface area (Å²) in [7, 11) is 1.48. The number of carbonyl (C=O) groups excluding carboxylic acids is 2. The maximum Gasteiger partial charge on any atom is 0.250 e. The van der Waals surface area contributed by atoms with Crippen molar-refractivity contribution in [1.29, 1.82) is 0 Å². The highest BCUT2D eigenvalue weighted by Crippen LogP contribution is 2.17. The van der Waals surface area contributed by atoms with Gasteiger partial charge in [0.2, 0.25) is 5.91 Å². The van der Waals surface area contributed by atoms with Crippen molar-refractivity contribution < 1.29 is 14.3 Å². The van der Waals surface area contributed by atoms with E-state index in [-0.39, 0.29) is 18.3 Å². The molecule has 0 unspecified atom stereocenters. The van der Waals surface area contributed by atoms with Gasteiger partial charge in [0.05, 0.1) is 0 Å². The first-order valence-electron chi connectivity index (χ1n) is 11.1. The molecule has 0 aliphatic carbocycles. The highest BCUT2D eigenvalue weighted by molar-refractivity contribution is 5.98. The molecule has 2 aromatic rings. The van der Waals surface area contributed by atoms with Crippen molar-refractivity contribution in [1.82, 2.24) is 4.90 Å². The predicted molar refractivity (Wildman–Crippen MR) is 125 cm³/mol. The molecule has 0 atom stereocenters. The van der Waals surface area contributed by atoms with E-state index in [0.717, 1.165) is 52.0 Å². The molecule has 0 saturated carbocycles. The number of unbranched alkanes of at least 4 members (excludes halogenated alkanes) is 2. The normalized spacial score (nSPS) is 14.4. The van der Waals surface area contributed by atoms with Crippen LogP contribution in [0.3, 0.4) is 0 Å². The zero-order valence-electron chi connectivity index (χ0n) is 18.4. The molecule has 166 valence electrons. The second-order valence-electron chi connectivity index (χ2n) is 7.96. The molecule has 0 bridgehead atoms. The first-order valence-corrected chi connectivity index (χ1v) is 11.1. The fraction of sp³-hybridized carbons (Fsp3) is 0.440. The van der Waals surface area contributed by atoms with Crippen LogP contribution in [0.1, 0.15) is 36.0 Å². The smallest absolute Gasteiger partial charge is 0.250 e. The molecule has 1 heterocycles. The van der Waals surface area contributed by atoms with Gasteiger partial charge < -0.3 is 15.0 Å². The van der Waals surface area contributed by atoms with Gasteiger partial charge in [-0.25, -0.2) is 0 Å². The predicted octanol–water partition coefficient (Wildman–Crippen LogP) is 3.84. The van der Waals surface area contributed by atoms with Crippen LogP contribution in [0.25, 0.3) is 0 Å². The van der Waals surface area contributed by atoms with Gasteiger partial charge in [-0.3, -0.25) is 14.5 Å². The number of nitrogens with one attached hydrogen (secondary N) is 1. The number of Topliss-reactive ketones (excluding diaryl/α,β-unsaturated/α-hetero) is 1. The standard InChI is InChI=1S/C25H33N3O3/c1-31-20-25(30)26-22-10-8-9-21(19-22)24(29)13-6-3-7-14-27-15-17-28(18-16-27)23-11-4-2-5-12-23/h2,4-5,8-12,19H,3,6-7,13-18,20H2,1H3,(H,26,30). The van der Waals surface area contributed by atoms with Gasteiger partial charge in [-0.05, 0) is 43.7 Å². The summed E-state index contributed by atoms with van der Waals surface area (Å²) in [5.41, 5.74) is 2.58. The van der Waals surface area contributed by atoms with Crippen molar-refractivity contribution >= 4 is 23.1 Å². The summed E-state index contributed by atoms with van der Waals surface area (Å²) in [6.07, 6.45) is 3.60. The number of rotatable bonds is 11. The molecule has 1 amide bonds. The Kier molecular flexibility index (Phi) is 9.06. The van der Waals surface area contributed by atoms with Gasteiger partial charge in [-0.15, -0.1) is 0 Å². The van der Waals surface area contributed by atoms with Crippen LogP contribution in [0.5, 0.6) is 0 Å². The maximum absolute atomic E-state index is 12.5. The van der Waals surface area contributed by atoms with Crippen molar-refractivity contribution in [2.75, 3.05) is 56.7 Å². The van der Waals surface area contributed by atoms with Gasteiger partial charge in [-0.1, -0.05) is 36.8 Å². The largest absolute Gasteiger partial charge is 0.375 e. The number of benzene rings is 2. The minimum absolute atomic E-state index is 0.000517. The van der Waals surface area contributed by atoms with Crippen LogP contribution < -0.4 is 10.2 Å². The van der Waals surface area contributed by atoms with Crippen LogP contribution in [0, 0.1) is 0 Å². The number of amides is 1. The number of piperazine rings is 1. The fourth-order valence-electron chi connectivity index (χ4n) is 3.91. The molecular formula is C25H33N3O3. The molecule has 6 nitrogen and oxygen atoms in total. The van der Waals surface area contributed by atoms with Crippen LogP contribution >= 0.6 is 0 Å². The maximum atomic E-state index is 12.5. The van der Waals surface area contributed by atoms with E-state index in [0.29, 0.717) is 17.7 Å². The third-order valence-corrected chi connectivity index (χ3v) is 5.62. The summed E-state index contributed by atoms with van der Waals surface area (Å²) in [4.78, 5) is 29.1. The molecule has 0 aromatic heterocycles. The summed E-state index contributed by atoms with van der Waals surface area (Å²) in [6.45, 7) is 5.42. The summed E-state index contributed by atoms with van der Waals surface area (Å²) < 4.78 is 4.81. The molecule has 1 fully saturated rings. The summed E-state index contributed by atoms with van der Waals surface area (Å²) in [6, 6.07) is 17.7. The van der Waals surface area contributed by atoms with Gasteiger partial charge in [-0.2, -0.15) is 0 Å². The van der Waals surface area contributed by atoms with Gasteiger partial charge in [0, 0.05) is 56.6 Å². The first kappa shape index (κ1) is 23.0. The second-order valence-corrected chi connectivity index (χ2v) is 7.96. The average Bonchev–Trinajstić information content (AvgIpc) is 2.80. The number of methoxy groups -OCH3 is 1. The zero-order chi connectivity index (χ0) is 21.9. The zero-order valence-corrected chi connectivity index (χ0v) is 18.4. The second kappa shape index (κ2) is 12.2. The Morgan fingerprint density at radius 2 is 1.71 bits per heavy atom. The minimum atomic E-state index is -0.225. The lowest BCUT2D eigenvalue weighted by Crippen LogP contribution is -2.46. The van der Waals surface area contributed by atoms with Gasteiger partial charge in [0.15, 0.2) is 5.78 Å². The van der Waals surface area contributed by atoms with Crippen LogP contribution in [-0.4, -0.2) is 63.0 Å². The third kappa shape index (κ3) is 7.49. The Labute approximate surface area is 185 Å². The molecule has 1 aliphatic heterocycles. The SMILES string of the molecule is COCC(=O)Nc1cccc(C(=O)CCCCCN2CCN(c3ccccc3)CC2)c1. The summed E-state index contributed by atoms with van der Waals surface area (Å²) >= 11 is 0. The monoisotopic (exact) mass is 423 g/mol. The number of ether oxygens (including phenoxy) is 1. The van der Waals surface area contributed by atoms with Crippen molar-refractivity contribution in [3.05, 3.63) is 60.2 Å². The molecule has 1 N–H and O–H groups in total. The Morgan fingerprint density at radius 3 is 2.45 bits per heavy atom. The van der Waals surface area contributed by atoms with Gasteiger partial charge >= 0.3 is 0 Å². The van der Waals surface area contributed by atoms with E-state index in [1.165, 1.54) is 12.8 Å². The Balaban J connectivity index is 1.31. The number of anilines is 2. The number of carbonyl (C=O) groups is 2. The molecule has 6 heteroatoms. The average molecular weight is 424 g/mol. The molecule has 0 radical (unpaired) electrons. The fourth-order valence-corrected chi connectivity index (χ4v) is 3.91. The van der Waals surface area contributed by atoms with E-state index < -0.39 is 0 Å².